The van der Waals surface area contributed by atoms with Gasteiger partial charge in [-0.2, -0.15) is 0 Å². The van der Waals surface area contributed by atoms with Gasteiger partial charge in [-0.15, -0.1) is 0 Å². The molecule has 1 fully saturated rings. The predicted octanol–water partition coefficient (Wildman–Crippen LogP) is 7.11. The molecule has 144 valence electrons. The third-order valence-electron chi connectivity index (χ3n) is 5.64. The molecule has 0 heterocycles. The van der Waals surface area contributed by atoms with E-state index < -0.39 is 0 Å². The molecule has 0 aliphatic heterocycles. The fourth-order valence-electron chi connectivity index (χ4n) is 4.18. The molecule has 3 aromatic carbocycles. The van der Waals surface area contributed by atoms with E-state index in [1.54, 1.807) is 0 Å². The van der Waals surface area contributed by atoms with E-state index in [1.165, 1.54) is 38.7 Å². The van der Waals surface area contributed by atoms with Crippen LogP contribution in [0, 0.1) is 13.8 Å². The van der Waals surface area contributed by atoms with Crippen LogP contribution in [0.1, 0.15) is 43.7 Å². The zero-order valence-electron chi connectivity index (χ0n) is 17.1. The van der Waals surface area contributed by atoms with Gasteiger partial charge in [0.05, 0.1) is 10.9 Å². The van der Waals surface area contributed by atoms with Crippen molar-refractivity contribution in [3.63, 3.8) is 0 Å². The minimum Gasteiger partial charge on any atom is -0.487 e. The SMILES string of the molecule is Cc1cc([S+](c2ccccc2)c2ccccc2)cc(C)c1OC1(C)CCCC1. The van der Waals surface area contributed by atoms with Crippen LogP contribution in [-0.4, -0.2) is 5.60 Å². The van der Waals surface area contributed by atoms with Crippen molar-refractivity contribution in [3.05, 3.63) is 83.9 Å². The molecule has 0 spiro atoms. The summed E-state index contributed by atoms with van der Waals surface area (Å²) in [5.74, 6) is 1.08. The van der Waals surface area contributed by atoms with Crippen LogP contribution in [0.15, 0.2) is 87.5 Å². The van der Waals surface area contributed by atoms with Crippen molar-refractivity contribution in [2.75, 3.05) is 0 Å². The minimum absolute atomic E-state index is 0.00240. The molecule has 3 aromatic rings. The fraction of sp³-hybridized carbons (Fsp3) is 0.308. The molecule has 0 unspecified atom stereocenters. The summed E-state index contributed by atoms with van der Waals surface area (Å²) in [4.78, 5) is 4.06. The summed E-state index contributed by atoms with van der Waals surface area (Å²) < 4.78 is 6.57. The van der Waals surface area contributed by atoms with E-state index in [2.05, 4.69) is 93.6 Å². The molecular formula is C26H29OS+. The van der Waals surface area contributed by atoms with Gasteiger partial charge in [-0.25, -0.2) is 0 Å². The zero-order chi connectivity index (χ0) is 19.6. The number of benzene rings is 3. The predicted molar refractivity (Wildman–Crippen MR) is 118 cm³/mol. The highest BCUT2D eigenvalue weighted by atomic mass is 32.2. The lowest BCUT2D eigenvalue weighted by Gasteiger charge is -2.28. The molecule has 1 nitrogen and oxygen atoms in total. The van der Waals surface area contributed by atoms with Crippen LogP contribution in [0.25, 0.3) is 0 Å². The first-order chi connectivity index (χ1) is 13.6. The summed E-state index contributed by atoms with van der Waals surface area (Å²) >= 11 is 0. The molecule has 0 bridgehead atoms. The van der Waals surface area contributed by atoms with E-state index in [4.69, 9.17) is 4.74 Å². The Morgan fingerprint density at radius 2 is 1.18 bits per heavy atom. The Morgan fingerprint density at radius 1 is 0.714 bits per heavy atom. The van der Waals surface area contributed by atoms with Crippen LogP contribution in [0.3, 0.4) is 0 Å². The number of ether oxygens (including phenoxy) is 1. The van der Waals surface area contributed by atoms with E-state index in [1.807, 2.05) is 0 Å². The standard InChI is InChI=1S/C26H29OS/c1-20-18-24(19-21(2)25(20)27-26(3)16-10-11-17-26)28(22-12-6-4-7-13-22)23-14-8-5-9-15-23/h4-9,12-15,18-19H,10-11,16-17H2,1-3H3/q+1. The first-order valence-corrected chi connectivity index (χ1v) is 11.4. The third-order valence-corrected chi connectivity index (χ3v) is 7.83. The van der Waals surface area contributed by atoms with Gasteiger partial charge in [-0.05, 0) is 81.8 Å². The van der Waals surface area contributed by atoms with Gasteiger partial charge in [0.25, 0.3) is 0 Å². The van der Waals surface area contributed by atoms with Crippen LogP contribution in [-0.2, 0) is 10.9 Å². The lowest BCUT2D eigenvalue weighted by atomic mass is 10.0. The van der Waals surface area contributed by atoms with Gasteiger partial charge in [0.1, 0.15) is 11.4 Å². The molecule has 2 heteroatoms. The number of hydrogen-bond acceptors (Lipinski definition) is 1. The second kappa shape index (κ2) is 8.05. The zero-order valence-corrected chi connectivity index (χ0v) is 17.9. The van der Waals surface area contributed by atoms with Gasteiger partial charge in [-0.3, -0.25) is 0 Å². The lowest BCUT2D eigenvalue weighted by Crippen LogP contribution is -2.28. The average molecular weight is 390 g/mol. The molecule has 0 atom stereocenters. The highest BCUT2D eigenvalue weighted by Gasteiger charge is 2.33. The Bertz CT molecular complexity index is 865. The molecule has 28 heavy (non-hydrogen) atoms. The van der Waals surface area contributed by atoms with Crippen molar-refractivity contribution in [1.82, 2.24) is 0 Å². The Hall–Kier alpha value is -2.19. The maximum absolute atomic E-state index is 6.57. The molecule has 0 N–H and O–H groups in total. The minimum atomic E-state index is -0.113. The topological polar surface area (TPSA) is 9.23 Å². The van der Waals surface area contributed by atoms with Crippen molar-refractivity contribution in [2.24, 2.45) is 0 Å². The molecule has 1 aliphatic rings. The van der Waals surface area contributed by atoms with Crippen molar-refractivity contribution in [3.8, 4) is 5.75 Å². The maximum atomic E-state index is 6.57. The second-order valence-corrected chi connectivity index (χ2v) is 10.1. The number of aryl methyl sites for hydroxylation is 2. The van der Waals surface area contributed by atoms with Gasteiger partial charge in [-0.1, -0.05) is 36.4 Å². The molecule has 4 rings (SSSR count). The van der Waals surface area contributed by atoms with E-state index in [0.717, 1.165) is 18.6 Å². The summed E-state index contributed by atoms with van der Waals surface area (Å²) in [6.07, 6.45) is 4.87. The van der Waals surface area contributed by atoms with Gasteiger partial charge >= 0.3 is 0 Å². The Kier molecular flexibility index (Phi) is 5.50. The number of rotatable bonds is 5. The summed E-state index contributed by atoms with van der Waals surface area (Å²) in [6.45, 7) is 6.66. The smallest absolute Gasteiger partial charge is 0.167 e. The van der Waals surface area contributed by atoms with E-state index in [-0.39, 0.29) is 16.5 Å². The molecule has 1 saturated carbocycles. The first-order valence-electron chi connectivity index (χ1n) is 10.2. The highest BCUT2D eigenvalue weighted by molar-refractivity contribution is 7.97. The average Bonchev–Trinajstić information content (AvgIpc) is 3.13. The molecule has 0 amide bonds. The first kappa shape index (κ1) is 19.1. The molecule has 0 saturated heterocycles. The Labute approximate surface area is 172 Å². The summed E-state index contributed by atoms with van der Waals surface area (Å²) in [5, 5.41) is 0. The van der Waals surface area contributed by atoms with Crippen molar-refractivity contribution >= 4 is 10.9 Å². The summed E-state index contributed by atoms with van der Waals surface area (Å²) in [6, 6.07) is 26.4. The van der Waals surface area contributed by atoms with Gasteiger partial charge in [0, 0.05) is 12.1 Å². The summed E-state index contributed by atoms with van der Waals surface area (Å²) in [5.41, 5.74) is 2.48. The molecule has 1 aliphatic carbocycles. The normalized spacial score (nSPS) is 15.7. The van der Waals surface area contributed by atoms with Crippen molar-refractivity contribution in [1.29, 1.82) is 0 Å². The van der Waals surface area contributed by atoms with Crippen LogP contribution < -0.4 is 4.74 Å². The summed E-state index contributed by atoms with van der Waals surface area (Å²) in [7, 11) is -0.113. The maximum Gasteiger partial charge on any atom is 0.167 e. The van der Waals surface area contributed by atoms with E-state index >= 15 is 0 Å². The van der Waals surface area contributed by atoms with Crippen LogP contribution >= 0.6 is 0 Å². The fourth-order valence-corrected chi connectivity index (χ4v) is 6.45. The van der Waals surface area contributed by atoms with Crippen molar-refractivity contribution < 1.29 is 4.74 Å². The molecular weight excluding hydrogens is 360 g/mol. The van der Waals surface area contributed by atoms with Crippen LogP contribution in [0.4, 0.5) is 0 Å². The number of hydrogen-bond donors (Lipinski definition) is 0. The Balaban J connectivity index is 1.75. The van der Waals surface area contributed by atoms with E-state index in [9.17, 15) is 0 Å². The van der Waals surface area contributed by atoms with Crippen LogP contribution in [0.2, 0.25) is 0 Å². The van der Waals surface area contributed by atoms with Gasteiger partial charge in [0.15, 0.2) is 14.7 Å². The quantitative estimate of drug-likeness (QED) is 0.422. The Morgan fingerprint density at radius 3 is 1.64 bits per heavy atom. The van der Waals surface area contributed by atoms with Gasteiger partial charge in [0.2, 0.25) is 0 Å². The van der Waals surface area contributed by atoms with Crippen molar-refractivity contribution in [2.45, 2.75) is 66.7 Å². The lowest BCUT2D eigenvalue weighted by molar-refractivity contribution is 0.0949. The largest absolute Gasteiger partial charge is 0.487 e. The monoisotopic (exact) mass is 389 g/mol. The molecule has 0 aromatic heterocycles. The molecule has 0 radical (unpaired) electrons. The third kappa shape index (κ3) is 3.98. The second-order valence-electron chi connectivity index (χ2n) is 8.08. The van der Waals surface area contributed by atoms with Crippen LogP contribution in [0.5, 0.6) is 5.75 Å². The van der Waals surface area contributed by atoms with Gasteiger partial charge < -0.3 is 4.74 Å². The van der Waals surface area contributed by atoms with E-state index in [0.29, 0.717) is 0 Å². The highest BCUT2D eigenvalue weighted by Crippen LogP contribution is 2.39.